The van der Waals surface area contributed by atoms with Gasteiger partial charge in [-0.15, -0.1) is 0 Å². The van der Waals surface area contributed by atoms with Crippen molar-refractivity contribution in [2.75, 3.05) is 16.9 Å². The maximum absolute atomic E-state index is 5.43. The third-order valence-corrected chi connectivity index (χ3v) is 3.54. The highest BCUT2D eigenvalue weighted by Crippen LogP contribution is 2.30. The van der Waals surface area contributed by atoms with Crippen LogP contribution in [0.4, 0.5) is 11.6 Å². The quantitative estimate of drug-likeness (QED) is 0.460. The van der Waals surface area contributed by atoms with Gasteiger partial charge in [-0.25, -0.2) is 15.8 Å². The van der Waals surface area contributed by atoms with Gasteiger partial charge < -0.3 is 10.3 Å². The summed E-state index contributed by atoms with van der Waals surface area (Å²) in [5, 5.41) is 0. The van der Waals surface area contributed by atoms with E-state index in [1.807, 2.05) is 0 Å². The molecule has 0 aliphatic rings. The highest BCUT2D eigenvalue weighted by atomic mass is 79.9. The molecule has 1 aromatic rings. The van der Waals surface area contributed by atoms with Gasteiger partial charge in [0.25, 0.3) is 0 Å². The first-order chi connectivity index (χ1) is 8.61. The van der Waals surface area contributed by atoms with Gasteiger partial charge >= 0.3 is 0 Å². The third kappa shape index (κ3) is 3.81. The lowest BCUT2D eigenvalue weighted by Crippen LogP contribution is -2.33. The van der Waals surface area contributed by atoms with Crippen molar-refractivity contribution in [3.63, 3.8) is 0 Å². The fourth-order valence-corrected chi connectivity index (χ4v) is 2.35. The summed E-state index contributed by atoms with van der Waals surface area (Å²) >= 11 is 3.51. The van der Waals surface area contributed by atoms with Gasteiger partial charge in [-0.3, -0.25) is 0 Å². The van der Waals surface area contributed by atoms with E-state index in [2.05, 4.69) is 57.0 Å². The lowest BCUT2D eigenvalue weighted by Gasteiger charge is -2.29. The first-order valence-corrected chi connectivity index (χ1v) is 7.14. The van der Waals surface area contributed by atoms with Crippen molar-refractivity contribution in [3.05, 3.63) is 10.8 Å². The average molecular weight is 316 g/mol. The van der Waals surface area contributed by atoms with Crippen molar-refractivity contribution in [2.45, 2.75) is 46.1 Å². The van der Waals surface area contributed by atoms with Gasteiger partial charge in [-0.1, -0.05) is 19.8 Å². The Morgan fingerprint density at radius 2 is 2.11 bits per heavy atom. The Morgan fingerprint density at radius 3 is 2.67 bits per heavy atom. The maximum atomic E-state index is 5.43. The Kier molecular flexibility index (Phi) is 6.35. The maximum Gasteiger partial charge on any atom is 0.159 e. The number of anilines is 2. The molecule has 0 bridgehead atoms. The second-order valence-corrected chi connectivity index (χ2v) is 5.29. The SMILES string of the molecule is CCCCCN(c1ncnc(NN)c1Br)C(C)C. The number of nitrogens with zero attached hydrogens (tertiary/aromatic N) is 3. The highest BCUT2D eigenvalue weighted by molar-refractivity contribution is 9.10. The molecule has 102 valence electrons. The molecule has 0 aliphatic heterocycles. The molecule has 0 amide bonds. The van der Waals surface area contributed by atoms with Gasteiger partial charge in [0.05, 0.1) is 0 Å². The van der Waals surface area contributed by atoms with Crippen molar-refractivity contribution < 1.29 is 0 Å². The van der Waals surface area contributed by atoms with E-state index in [0.717, 1.165) is 23.3 Å². The van der Waals surface area contributed by atoms with Crippen LogP contribution in [0, 0.1) is 0 Å². The molecular weight excluding hydrogens is 294 g/mol. The summed E-state index contributed by atoms with van der Waals surface area (Å²) in [6.07, 6.45) is 5.14. The van der Waals surface area contributed by atoms with E-state index in [1.165, 1.54) is 19.2 Å². The van der Waals surface area contributed by atoms with Gasteiger partial charge in [-0.2, -0.15) is 0 Å². The van der Waals surface area contributed by atoms with E-state index in [9.17, 15) is 0 Å². The van der Waals surface area contributed by atoms with Crippen LogP contribution in [-0.4, -0.2) is 22.6 Å². The minimum Gasteiger partial charge on any atom is -0.353 e. The fourth-order valence-electron chi connectivity index (χ4n) is 1.80. The zero-order valence-corrected chi connectivity index (χ0v) is 12.9. The van der Waals surface area contributed by atoms with E-state index in [4.69, 9.17) is 5.84 Å². The number of nitrogens with one attached hydrogen (secondary N) is 1. The Morgan fingerprint density at radius 1 is 1.39 bits per heavy atom. The molecule has 1 heterocycles. The van der Waals surface area contributed by atoms with E-state index >= 15 is 0 Å². The second kappa shape index (κ2) is 7.53. The van der Waals surface area contributed by atoms with Gasteiger partial charge in [0.15, 0.2) is 5.82 Å². The molecule has 0 saturated carbocycles. The van der Waals surface area contributed by atoms with E-state index in [1.54, 1.807) is 0 Å². The van der Waals surface area contributed by atoms with Crippen LogP contribution in [0.15, 0.2) is 10.8 Å². The van der Waals surface area contributed by atoms with Crippen LogP contribution in [0.3, 0.4) is 0 Å². The van der Waals surface area contributed by atoms with Crippen LogP contribution >= 0.6 is 15.9 Å². The number of hydrogen-bond donors (Lipinski definition) is 2. The molecule has 0 unspecified atom stereocenters. The van der Waals surface area contributed by atoms with Gasteiger partial charge in [0, 0.05) is 12.6 Å². The molecule has 3 N–H and O–H groups in total. The number of nitrogen functional groups attached to an aromatic ring is 1. The number of nitrogens with two attached hydrogens (primary N) is 1. The number of rotatable bonds is 7. The topological polar surface area (TPSA) is 67.1 Å². The largest absolute Gasteiger partial charge is 0.353 e. The van der Waals surface area contributed by atoms with E-state index in [-0.39, 0.29) is 0 Å². The van der Waals surface area contributed by atoms with Crippen LogP contribution in [-0.2, 0) is 0 Å². The lowest BCUT2D eigenvalue weighted by molar-refractivity contribution is 0.618. The van der Waals surface area contributed by atoms with E-state index in [0.29, 0.717) is 11.9 Å². The predicted molar refractivity (Wildman–Crippen MR) is 79.5 cm³/mol. The fraction of sp³-hybridized carbons (Fsp3) is 0.667. The second-order valence-electron chi connectivity index (χ2n) is 4.50. The molecule has 0 spiro atoms. The molecule has 6 heteroatoms. The van der Waals surface area contributed by atoms with Gasteiger partial charge in [0.2, 0.25) is 0 Å². The molecule has 0 atom stereocenters. The summed E-state index contributed by atoms with van der Waals surface area (Å²) in [7, 11) is 0. The zero-order valence-electron chi connectivity index (χ0n) is 11.3. The Labute approximate surface area is 117 Å². The van der Waals surface area contributed by atoms with Crippen LogP contribution in [0.25, 0.3) is 0 Å². The Balaban J connectivity index is 2.91. The molecule has 0 saturated heterocycles. The van der Waals surface area contributed by atoms with Gasteiger partial charge in [-0.05, 0) is 36.2 Å². The number of unbranched alkanes of at least 4 members (excludes halogenated alkanes) is 2. The summed E-state index contributed by atoms with van der Waals surface area (Å²) < 4.78 is 0.817. The molecule has 0 aromatic carbocycles. The zero-order chi connectivity index (χ0) is 13.5. The molecular formula is C12H22BrN5. The summed E-state index contributed by atoms with van der Waals surface area (Å²) in [4.78, 5) is 10.7. The summed E-state index contributed by atoms with van der Waals surface area (Å²) in [6, 6.07) is 0.388. The predicted octanol–water partition coefficient (Wildman–Crippen LogP) is 2.93. The Bertz CT molecular complexity index is 369. The minimum atomic E-state index is 0.388. The van der Waals surface area contributed by atoms with E-state index < -0.39 is 0 Å². The lowest BCUT2D eigenvalue weighted by atomic mass is 10.2. The van der Waals surface area contributed by atoms with Crippen LogP contribution in [0.2, 0.25) is 0 Å². The molecule has 0 radical (unpaired) electrons. The molecule has 1 rings (SSSR count). The van der Waals surface area contributed by atoms with Crippen LogP contribution < -0.4 is 16.2 Å². The average Bonchev–Trinajstić information content (AvgIpc) is 2.35. The standard InChI is InChI=1S/C12H22BrN5/c1-4-5-6-7-18(9(2)3)12-10(13)11(17-14)15-8-16-12/h8-9H,4-7,14H2,1-3H3,(H,15,16,17). The minimum absolute atomic E-state index is 0.388. The van der Waals surface area contributed by atoms with Gasteiger partial charge in [0.1, 0.15) is 16.6 Å². The first-order valence-electron chi connectivity index (χ1n) is 6.35. The number of halogens is 1. The molecule has 0 aliphatic carbocycles. The van der Waals surface area contributed by atoms with Crippen molar-refractivity contribution in [1.29, 1.82) is 0 Å². The normalized spacial score (nSPS) is 10.8. The highest BCUT2D eigenvalue weighted by Gasteiger charge is 2.17. The third-order valence-electron chi connectivity index (χ3n) is 2.81. The Hall–Kier alpha value is -0.880. The van der Waals surface area contributed by atoms with Crippen LogP contribution in [0.1, 0.15) is 40.0 Å². The van der Waals surface area contributed by atoms with Crippen molar-refractivity contribution in [2.24, 2.45) is 5.84 Å². The number of hydrogen-bond acceptors (Lipinski definition) is 5. The van der Waals surface area contributed by atoms with Crippen molar-refractivity contribution in [1.82, 2.24) is 9.97 Å². The summed E-state index contributed by atoms with van der Waals surface area (Å²) in [6.45, 7) is 7.52. The van der Waals surface area contributed by atoms with Crippen molar-refractivity contribution in [3.8, 4) is 0 Å². The monoisotopic (exact) mass is 315 g/mol. The summed E-state index contributed by atoms with van der Waals surface area (Å²) in [5.41, 5.74) is 2.57. The molecule has 1 aromatic heterocycles. The molecule has 0 fully saturated rings. The number of hydrazine groups is 1. The smallest absolute Gasteiger partial charge is 0.159 e. The van der Waals surface area contributed by atoms with Crippen LogP contribution in [0.5, 0.6) is 0 Å². The molecule has 18 heavy (non-hydrogen) atoms. The molecule has 5 nitrogen and oxygen atoms in total. The first kappa shape index (κ1) is 15.2. The number of aromatic nitrogens is 2. The van der Waals surface area contributed by atoms with Crippen molar-refractivity contribution >= 4 is 27.6 Å². The summed E-state index contributed by atoms with van der Waals surface area (Å²) in [5.74, 6) is 6.93.